The molecule has 5 nitrogen and oxygen atoms in total. The molecule has 1 N–H and O–H groups in total. The van der Waals surface area contributed by atoms with Crippen LogP contribution in [0.15, 0.2) is 29.2 Å². The molecule has 0 aliphatic carbocycles. The summed E-state index contributed by atoms with van der Waals surface area (Å²) in [6, 6.07) is 2.67. The van der Waals surface area contributed by atoms with E-state index in [1.165, 1.54) is 6.20 Å². The topological polar surface area (TPSA) is 72.2 Å². The molecule has 0 saturated heterocycles. The van der Waals surface area contributed by atoms with Gasteiger partial charge in [0.15, 0.2) is 0 Å². The van der Waals surface area contributed by atoms with Crippen LogP contribution < -0.4 is 5.43 Å². The lowest BCUT2D eigenvalue weighted by atomic mass is 10.2. The number of carboxylic acid groups (broad SMARTS) is 1. The zero-order chi connectivity index (χ0) is 14.9. The van der Waals surface area contributed by atoms with Crippen LogP contribution >= 0.6 is 0 Å². The first-order chi connectivity index (χ1) is 9.42. The number of aryl methyl sites for hydroxylation is 1. The number of rotatable bonds is 3. The van der Waals surface area contributed by atoms with Gasteiger partial charge in [0.2, 0.25) is 11.1 Å². The summed E-state index contributed by atoms with van der Waals surface area (Å²) in [4.78, 5) is 22.7. The van der Waals surface area contributed by atoms with E-state index >= 15 is 0 Å². The van der Waals surface area contributed by atoms with E-state index in [1.807, 2.05) is 0 Å². The summed E-state index contributed by atoms with van der Waals surface area (Å²) in [5, 5.41) is 12.5. The third kappa shape index (κ3) is 2.56. The van der Waals surface area contributed by atoms with Crippen molar-refractivity contribution in [2.24, 2.45) is 0 Å². The van der Waals surface area contributed by atoms with Gasteiger partial charge < -0.3 is 5.11 Å². The highest BCUT2D eigenvalue weighted by Gasteiger charge is 2.16. The fraction of sp³-hybridized carbons (Fsp3) is 0.154. The zero-order valence-corrected chi connectivity index (χ0v) is 10.4. The maximum Gasteiger partial charge on any atom is 0.360 e. The van der Waals surface area contributed by atoms with Crippen molar-refractivity contribution in [2.75, 3.05) is 0 Å². The van der Waals surface area contributed by atoms with Crippen LogP contribution in [0.3, 0.4) is 0 Å². The van der Waals surface area contributed by atoms with E-state index < -0.39 is 28.7 Å². The van der Waals surface area contributed by atoms with Gasteiger partial charge in [0.25, 0.3) is 0 Å². The minimum atomic E-state index is -1.49. The van der Waals surface area contributed by atoms with Crippen molar-refractivity contribution >= 4 is 5.97 Å². The lowest BCUT2D eigenvalue weighted by Crippen LogP contribution is -2.24. The summed E-state index contributed by atoms with van der Waals surface area (Å²) in [5.41, 5.74) is -1.19. The summed E-state index contributed by atoms with van der Waals surface area (Å²) in [6.07, 6.45) is 1.54. The largest absolute Gasteiger partial charge is 0.476 e. The number of nitrogens with zero attached hydrogens (tertiary/aromatic N) is 2. The number of halogens is 2. The third-order valence-electron chi connectivity index (χ3n) is 2.69. The highest BCUT2D eigenvalue weighted by molar-refractivity contribution is 5.85. The molecule has 0 amide bonds. The second-order valence-electron chi connectivity index (χ2n) is 4.06. The number of aromatic carboxylic acids is 1. The molecule has 7 heteroatoms. The highest BCUT2D eigenvalue weighted by Crippen LogP contribution is 2.12. The molecule has 0 aliphatic rings. The van der Waals surface area contributed by atoms with Crippen LogP contribution in [0.4, 0.5) is 8.78 Å². The van der Waals surface area contributed by atoms with Crippen molar-refractivity contribution in [1.82, 2.24) is 9.78 Å². The minimum absolute atomic E-state index is 0.000278. The Morgan fingerprint density at radius 3 is 2.40 bits per heavy atom. The summed E-state index contributed by atoms with van der Waals surface area (Å²) in [5.74, 6) is -3.14. The maximum absolute atomic E-state index is 13.2. The van der Waals surface area contributed by atoms with E-state index in [1.54, 1.807) is 6.92 Å². The van der Waals surface area contributed by atoms with Crippen LogP contribution in [-0.4, -0.2) is 20.9 Å². The molecule has 2 aromatic rings. The van der Waals surface area contributed by atoms with Gasteiger partial charge >= 0.3 is 5.97 Å². The van der Waals surface area contributed by atoms with Gasteiger partial charge in [-0.25, -0.2) is 18.3 Å². The second kappa shape index (κ2) is 5.20. The van der Waals surface area contributed by atoms with E-state index in [-0.39, 0.29) is 17.7 Å². The molecule has 0 fully saturated rings. The fourth-order valence-electron chi connectivity index (χ4n) is 1.74. The molecule has 1 aromatic heterocycles. The minimum Gasteiger partial charge on any atom is -0.476 e. The Morgan fingerprint density at radius 2 is 1.90 bits per heavy atom. The van der Waals surface area contributed by atoms with E-state index in [4.69, 9.17) is 5.11 Å². The molecule has 1 heterocycles. The Bertz CT molecular complexity index is 721. The average molecular weight is 280 g/mol. The predicted octanol–water partition coefficient (Wildman–Crippen LogP) is 1.77. The SMILES string of the molecule is CCc1cn(-c2cc(F)cc(F)c2)nc(C(=O)O)c1=O. The van der Waals surface area contributed by atoms with Crippen molar-refractivity contribution in [1.29, 1.82) is 0 Å². The molecule has 20 heavy (non-hydrogen) atoms. The Labute approximate surface area is 112 Å². The van der Waals surface area contributed by atoms with Gasteiger partial charge in [0.05, 0.1) is 5.69 Å². The summed E-state index contributed by atoms with van der Waals surface area (Å²) in [7, 11) is 0. The van der Waals surface area contributed by atoms with Crippen LogP contribution in [0.1, 0.15) is 23.0 Å². The number of benzene rings is 1. The number of carboxylic acids is 1. The zero-order valence-electron chi connectivity index (χ0n) is 10.4. The molecule has 0 saturated carbocycles. The van der Waals surface area contributed by atoms with Crippen molar-refractivity contribution < 1.29 is 18.7 Å². The summed E-state index contributed by atoms with van der Waals surface area (Å²) < 4.78 is 27.3. The Hall–Kier alpha value is -2.57. The number of carbonyl (C=O) groups is 1. The molecule has 0 atom stereocenters. The lowest BCUT2D eigenvalue weighted by Gasteiger charge is -2.09. The van der Waals surface area contributed by atoms with Crippen molar-refractivity contribution in [3.63, 3.8) is 0 Å². The van der Waals surface area contributed by atoms with Crippen LogP contribution in [0.2, 0.25) is 0 Å². The van der Waals surface area contributed by atoms with E-state index in [0.717, 1.165) is 16.8 Å². The van der Waals surface area contributed by atoms with E-state index in [9.17, 15) is 18.4 Å². The molecule has 0 unspecified atom stereocenters. The van der Waals surface area contributed by atoms with Gasteiger partial charge in [0.1, 0.15) is 11.6 Å². The lowest BCUT2D eigenvalue weighted by molar-refractivity contribution is 0.0686. The van der Waals surface area contributed by atoms with Gasteiger partial charge in [-0.3, -0.25) is 4.79 Å². The van der Waals surface area contributed by atoms with Gasteiger partial charge in [-0.2, -0.15) is 5.10 Å². The molecule has 2 rings (SSSR count). The Balaban J connectivity index is 2.71. The van der Waals surface area contributed by atoms with Crippen molar-refractivity contribution in [2.45, 2.75) is 13.3 Å². The quantitative estimate of drug-likeness (QED) is 0.930. The first kappa shape index (κ1) is 13.9. The molecular weight excluding hydrogens is 270 g/mol. The van der Waals surface area contributed by atoms with Crippen LogP contribution in [0, 0.1) is 11.6 Å². The third-order valence-corrected chi connectivity index (χ3v) is 2.69. The first-order valence-corrected chi connectivity index (χ1v) is 5.75. The van der Waals surface area contributed by atoms with Crippen molar-refractivity contribution in [3.05, 3.63) is 57.5 Å². The van der Waals surface area contributed by atoms with E-state index in [2.05, 4.69) is 5.10 Å². The maximum atomic E-state index is 13.2. The van der Waals surface area contributed by atoms with Gasteiger partial charge in [-0.05, 0) is 18.6 Å². The number of hydrogen-bond donors (Lipinski definition) is 1. The first-order valence-electron chi connectivity index (χ1n) is 5.75. The van der Waals surface area contributed by atoms with Gasteiger partial charge in [0, 0.05) is 17.8 Å². The fourth-order valence-corrected chi connectivity index (χ4v) is 1.74. The van der Waals surface area contributed by atoms with Crippen LogP contribution in [-0.2, 0) is 6.42 Å². The second-order valence-corrected chi connectivity index (χ2v) is 4.06. The van der Waals surface area contributed by atoms with E-state index in [0.29, 0.717) is 6.07 Å². The Morgan fingerprint density at radius 1 is 1.30 bits per heavy atom. The summed E-state index contributed by atoms with van der Waals surface area (Å²) in [6.45, 7) is 1.67. The summed E-state index contributed by atoms with van der Waals surface area (Å²) >= 11 is 0. The molecule has 1 aromatic carbocycles. The Kier molecular flexibility index (Phi) is 3.60. The highest BCUT2D eigenvalue weighted by atomic mass is 19.1. The number of aromatic nitrogens is 2. The normalized spacial score (nSPS) is 10.6. The smallest absolute Gasteiger partial charge is 0.360 e. The standard InChI is InChI=1S/C13H10F2N2O3/c1-2-7-6-17(16-11(12(7)18)13(19)20)10-4-8(14)3-9(15)5-10/h3-6H,2H2,1H3,(H,19,20). The molecule has 0 bridgehead atoms. The monoisotopic (exact) mass is 280 g/mol. The molecule has 0 spiro atoms. The van der Waals surface area contributed by atoms with Gasteiger partial charge in [-0.1, -0.05) is 6.92 Å². The molecule has 104 valence electrons. The van der Waals surface area contributed by atoms with Crippen LogP contribution in [0.5, 0.6) is 0 Å². The molecule has 0 aliphatic heterocycles. The number of hydrogen-bond acceptors (Lipinski definition) is 3. The van der Waals surface area contributed by atoms with Crippen molar-refractivity contribution in [3.8, 4) is 5.69 Å². The molecular formula is C13H10F2N2O3. The van der Waals surface area contributed by atoms with Crippen LogP contribution in [0.25, 0.3) is 5.69 Å². The average Bonchev–Trinajstić information content (AvgIpc) is 2.37. The molecule has 0 radical (unpaired) electrons. The van der Waals surface area contributed by atoms with Gasteiger partial charge in [-0.15, -0.1) is 0 Å². The predicted molar refractivity (Wildman–Crippen MR) is 66.1 cm³/mol.